The molecule has 1 fully saturated rings. The number of carbonyl (C=O) groups excluding carboxylic acids is 1. The van der Waals surface area contributed by atoms with E-state index in [-0.39, 0.29) is 17.0 Å². The van der Waals surface area contributed by atoms with Gasteiger partial charge < -0.3 is 20.1 Å². The van der Waals surface area contributed by atoms with Gasteiger partial charge in [-0.25, -0.2) is 14.7 Å². The lowest BCUT2D eigenvalue weighted by atomic mass is 10.2. The predicted octanol–water partition coefficient (Wildman–Crippen LogP) is -2.61. The highest BCUT2D eigenvalue weighted by atomic mass is 16.5. The average Bonchev–Trinajstić information content (AvgIpc) is 3.01. The van der Waals surface area contributed by atoms with E-state index in [9.17, 15) is 29.5 Å². The molecule has 5 N–H and O–H groups in total. The Balaban J connectivity index is 2.16. The third kappa shape index (κ3) is 5.15. The highest BCUT2D eigenvalue weighted by molar-refractivity contribution is 5.93. The molecule has 28 heavy (non-hydrogen) atoms. The largest absolute Gasteiger partial charge is 0.478 e. The highest BCUT2D eigenvalue weighted by Crippen LogP contribution is 2.27. The van der Waals surface area contributed by atoms with Crippen LogP contribution in [0.4, 0.5) is 0 Å². The molecule has 1 amide bonds. The molecule has 0 aliphatic carbocycles. The molecular formula is C16H17N3O9. The van der Waals surface area contributed by atoms with E-state index in [1.807, 2.05) is 4.98 Å². The van der Waals surface area contributed by atoms with E-state index in [2.05, 4.69) is 11.8 Å². The Hall–Kier alpha value is -3.24. The van der Waals surface area contributed by atoms with E-state index >= 15 is 0 Å². The fraction of sp³-hybridized carbons (Fsp3) is 0.375. The number of aliphatic hydroxyl groups is 2. The van der Waals surface area contributed by atoms with Gasteiger partial charge in [0, 0.05) is 24.8 Å². The van der Waals surface area contributed by atoms with Crippen LogP contribution in [0, 0.1) is 11.8 Å². The van der Waals surface area contributed by atoms with Gasteiger partial charge in [0.25, 0.3) is 11.5 Å². The van der Waals surface area contributed by atoms with Crippen LogP contribution in [0.25, 0.3) is 0 Å². The van der Waals surface area contributed by atoms with Crippen LogP contribution in [0.3, 0.4) is 0 Å². The molecule has 1 aliphatic rings. The molecule has 0 aromatic carbocycles. The average molecular weight is 395 g/mol. The van der Waals surface area contributed by atoms with Crippen LogP contribution >= 0.6 is 0 Å². The lowest BCUT2D eigenvalue weighted by Crippen LogP contribution is -2.33. The number of nitrogens with one attached hydrogen (secondary N) is 1. The van der Waals surface area contributed by atoms with E-state index in [1.54, 1.807) is 0 Å². The molecule has 1 saturated heterocycles. The summed E-state index contributed by atoms with van der Waals surface area (Å²) in [6.45, 7) is -0.980. The van der Waals surface area contributed by atoms with Crippen LogP contribution in [0.15, 0.2) is 27.9 Å². The number of aromatic amines is 1. The van der Waals surface area contributed by atoms with Gasteiger partial charge in [0.15, 0.2) is 0 Å². The minimum Gasteiger partial charge on any atom is -0.478 e. The van der Waals surface area contributed by atoms with Crippen molar-refractivity contribution < 1.29 is 34.9 Å². The number of hydrogen-bond acceptors (Lipinski definition) is 8. The Morgan fingerprint density at radius 3 is 2.71 bits per heavy atom. The van der Waals surface area contributed by atoms with Crippen molar-refractivity contribution in [2.24, 2.45) is 0 Å². The number of carbonyl (C=O) groups is 2. The number of nitrogens with zero attached hydrogens (tertiary/aromatic N) is 2. The summed E-state index contributed by atoms with van der Waals surface area (Å²) in [7, 11) is 0. The number of carboxylic acid groups (broad SMARTS) is 1. The Morgan fingerprint density at radius 1 is 1.39 bits per heavy atom. The molecule has 0 spiro atoms. The number of aromatic nitrogens is 2. The van der Waals surface area contributed by atoms with Crippen LogP contribution < -0.4 is 11.2 Å². The highest BCUT2D eigenvalue weighted by Gasteiger charge is 2.35. The zero-order chi connectivity index (χ0) is 20.8. The van der Waals surface area contributed by atoms with Crippen molar-refractivity contribution in [2.45, 2.75) is 24.9 Å². The van der Waals surface area contributed by atoms with Crippen molar-refractivity contribution in [2.75, 3.05) is 13.2 Å². The normalized spacial score (nSPS) is 21.3. The maximum Gasteiger partial charge on any atom is 0.330 e. The Labute approximate surface area is 156 Å². The quantitative estimate of drug-likeness (QED) is 0.154. The minimum absolute atomic E-state index is 0.0128. The summed E-state index contributed by atoms with van der Waals surface area (Å²) in [5, 5.41) is 36.9. The predicted molar refractivity (Wildman–Crippen MR) is 90.1 cm³/mol. The minimum atomic E-state index is -1.37. The summed E-state index contributed by atoms with van der Waals surface area (Å²) in [4.78, 5) is 47.6. The molecule has 0 saturated carbocycles. The van der Waals surface area contributed by atoms with E-state index in [0.29, 0.717) is 12.2 Å². The molecule has 1 aromatic heterocycles. The summed E-state index contributed by atoms with van der Waals surface area (Å²) in [5.41, 5.74) is -1.79. The Bertz CT molecular complexity index is 953. The van der Waals surface area contributed by atoms with E-state index in [1.165, 1.54) is 0 Å². The first-order valence-electron chi connectivity index (χ1n) is 7.93. The van der Waals surface area contributed by atoms with Crippen LogP contribution in [-0.2, 0) is 14.3 Å². The number of rotatable bonds is 5. The molecule has 3 atom stereocenters. The maximum absolute atomic E-state index is 12.0. The molecular weight excluding hydrogens is 378 g/mol. The van der Waals surface area contributed by atoms with E-state index in [4.69, 9.17) is 14.9 Å². The molecule has 2 heterocycles. The van der Waals surface area contributed by atoms with Gasteiger partial charge in [0.2, 0.25) is 0 Å². The van der Waals surface area contributed by atoms with Crippen LogP contribution in [-0.4, -0.2) is 72.4 Å². The number of aliphatic hydroxyl groups excluding tert-OH is 2. The molecule has 12 nitrogen and oxygen atoms in total. The van der Waals surface area contributed by atoms with Crippen molar-refractivity contribution in [1.82, 2.24) is 14.6 Å². The van der Waals surface area contributed by atoms with Gasteiger partial charge in [-0.3, -0.25) is 24.3 Å². The van der Waals surface area contributed by atoms with Crippen molar-refractivity contribution in [3.63, 3.8) is 0 Å². The number of H-pyrrole nitrogens is 1. The molecule has 1 aromatic rings. The molecule has 1 aliphatic heterocycles. The zero-order valence-electron chi connectivity index (χ0n) is 14.3. The van der Waals surface area contributed by atoms with Gasteiger partial charge in [0.05, 0.1) is 12.7 Å². The maximum atomic E-state index is 12.0. The van der Waals surface area contributed by atoms with Gasteiger partial charge >= 0.3 is 11.7 Å². The van der Waals surface area contributed by atoms with Crippen molar-refractivity contribution in [3.05, 3.63) is 44.8 Å². The number of amides is 1. The second-order valence-electron chi connectivity index (χ2n) is 5.69. The van der Waals surface area contributed by atoms with Gasteiger partial charge in [-0.2, -0.15) is 0 Å². The SMILES string of the molecule is O=C(O)/C=C/C(=O)N(O)CC#Cc1cn(C2C[C@H](O)C(CO)O2)c(=O)[nH]c1=O. The summed E-state index contributed by atoms with van der Waals surface area (Å²) in [5.74, 6) is 2.31. The second-order valence-corrected chi connectivity index (χ2v) is 5.69. The smallest absolute Gasteiger partial charge is 0.330 e. The number of carboxylic acids is 1. The summed E-state index contributed by atoms with van der Waals surface area (Å²) in [6, 6.07) is 0. The summed E-state index contributed by atoms with van der Waals surface area (Å²) >= 11 is 0. The molecule has 0 bridgehead atoms. The summed E-state index contributed by atoms with van der Waals surface area (Å²) < 4.78 is 6.35. The van der Waals surface area contributed by atoms with E-state index in [0.717, 1.165) is 10.8 Å². The van der Waals surface area contributed by atoms with Crippen LogP contribution in [0.1, 0.15) is 18.2 Å². The number of hydrogen-bond donors (Lipinski definition) is 5. The first kappa shape index (κ1) is 21.1. The molecule has 150 valence electrons. The molecule has 12 heteroatoms. The molecule has 0 radical (unpaired) electrons. The lowest BCUT2D eigenvalue weighted by molar-refractivity contribution is -0.156. The first-order valence-corrected chi connectivity index (χ1v) is 7.93. The van der Waals surface area contributed by atoms with Crippen LogP contribution in [0.2, 0.25) is 0 Å². The fourth-order valence-corrected chi connectivity index (χ4v) is 2.35. The van der Waals surface area contributed by atoms with E-state index < -0.39 is 54.7 Å². The standard InChI is InChI=1S/C16H17N3O9/c20-8-11-10(21)6-13(28-11)18-7-9(15(25)17-16(18)26)2-1-5-19(27)12(22)3-4-14(23)24/h3-4,7,10-11,13,20-21,27H,5-6,8H2,(H,23,24)(H,17,25,26)/b4-3+/t10-,11?,13?/m0/s1. The van der Waals surface area contributed by atoms with Gasteiger partial charge in [-0.05, 0) is 0 Å². The Morgan fingerprint density at radius 2 is 2.11 bits per heavy atom. The third-order valence-corrected chi connectivity index (χ3v) is 3.74. The number of hydroxylamine groups is 2. The van der Waals surface area contributed by atoms with Crippen molar-refractivity contribution in [1.29, 1.82) is 0 Å². The van der Waals surface area contributed by atoms with Gasteiger partial charge in [-0.1, -0.05) is 11.8 Å². The number of aliphatic carboxylic acids is 1. The third-order valence-electron chi connectivity index (χ3n) is 3.74. The van der Waals surface area contributed by atoms with Gasteiger partial charge in [0.1, 0.15) is 24.4 Å². The van der Waals surface area contributed by atoms with Gasteiger partial charge in [-0.15, -0.1) is 0 Å². The lowest BCUT2D eigenvalue weighted by Gasteiger charge is -2.14. The Kier molecular flexibility index (Phi) is 6.85. The van der Waals surface area contributed by atoms with Crippen molar-refractivity contribution >= 4 is 11.9 Å². The number of ether oxygens (including phenoxy) is 1. The topological polar surface area (TPSA) is 182 Å². The first-order chi connectivity index (χ1) is 13.2. The second kappa shape index (κ2) is 9.11. The van der Waals surface area contributed by atoms with Crippen LogP contribution in [0.5, 0.6) is 0 Å². The van der Waals surface area contributed by atoms with Crippen molar-refractivity contribution in [3.8, 4) is 11.8 Å². The fourth-order valence-electron chi connectivity index (χ4n) is 2.35. The summed E-state index contributed by atoms with van der Waals surface area (Å²) in [6.07, 6.45) is -0.513. The monoisotopic (exact) mass is 395 g/mol. The molecule has 2 unspecified atom stereocenters. The molecule has 2 rings (SSSR count). The zero-order valence-corrected chi connectivity index (χ0v) is 14.3.